The molecule has 0 aliphatic heterocycles. The van der Waals surface area contributed by atoms with Gasteiger partial charge in [-0.3, -0.25) is 0 Å². The predicted molar refractivity (Wildman–Crippen MR) is 69.5 cm³/mol. The average Bonchev–Trinajstić information content (AvgIpc) is 2.98. The maximum Gasteiger partial charge on any atom is 0.126 e. The molecule has 0 amide bonds. The number of rotatable bonds is 6. The van der Waals surface area contributed by atoms with Crippen molar-refractivity contribution in [3.05, 3.63) is 35.4 Å². The van der Waals surface area contributed by atoms with Gasteiger partial charge in [0.15, 0.2) is 0 Å². The van der Waals surface area contributed by atoms with Crippen molar-refractivity contribution in [3.63, 3.8) is 0 Å². The summed E-state index contributed by atoms with van der Waals surface area (Å²) in [5.74, 6) is -0.978. The van der Waals surface area contributed by atoms with Gasteiger partial charge in [0, 0.05) is 12.1 Å². The van der Waals surface area contributed by atoms with Crippen LogP contribution in [0.25, 0.3) is 0 Å². The maximum absolute atomic E-state index is 13.1. The fraction of sp³-hybridized carbons (Fsp3) is 0.600. The molecular weight excluding hydrogens is 232 g/mol. The molecule has 0 heterocycles. The molecule has 1 aromatic rings. The minimum absolute atomic E-state index is 0.0577. The topological polar surface area (TPSA) is 12.0 Å². The standard InChI is InChI=1S/C15H21F2N/c1-15(2,5-6-18-14-3-4-14)10-11-7-12(16)9-13(17)8-11/h7-9,14,18H,3-6,10H2,1-2H3. The lowest BCUT2D eigenvalue weighted by atomic mass is 9.82. The Hall–Kier alpha value is -0.960. The molecule has 0 radical (unpaired) electrons. The fourth-order valence-electron chi connectivity index (χ4n) is 2.26. The number of hydrogen-bond acceptors (Lipinski definition) is 1. The molecule has 1 saturated carbocycles. The van der Waals surface area contributed by atoms with Gasteiger partial charge in [0.25, 0.3) is 0 Å². The van der Waals surface area contributed by atoms with Crippen molar-refractivity contribution in [1.82, 2.24) is 5.32 Å². The molecule has 0 aromatic heterocycles. The van der Waals surface area contributed by atoms with Crippen LogP contribution in [0.2, 0.25) is 0 Å². The molecule has 3 heteroatoms. The van der Waals surface area contributed by atoms with Gasteiger partial charge in [-0.25, -0.2) is 8.78 Å². The Bertz CT molecular complexity index is 391. The molecule has 0 spiro atoms. The van der Waals surface area contributed by atoms with Crippen LogP contribution in [0.15, 0.2) is 18.2 Å². The Balaban J connectivity index is 1.88. The quantitative estimate of drug-likeness (QED) is 0.815. The van der Waals surface area contributed by atoms with Gasteiger partial charge in [-0.1, -0.05) is 13.8 Å². The van der Waals surface area contributed by atoms with E-state index in [1.54, 1.807) is 0 Å². The summed E-state index contributed by atoms with van der Waals surface area (Å²) in [6.07, 6.45) is 4.29. The van der Waals surface area contributed by atoms with E-state index in [1.165, 1.54) is 25.0 Å². The zero-order valence-electron chi connectivity index (χ0n) is 11.1. The first kappa shape index (κ1) is 13.5. The summed E-state index contributed by atoms with van der Waals surface area (Å²) in [6, 6.07) is 4.50. The number of benzene rings is 1. The molecule has 1 nitrogen and oxygen atoms in total. The van der Waals surface area contributed by atoms with E-state index in [2.05, 4.69) is 19.2 Å². The van der Waals surface area contributed by atoms with E-state index in [4.69, 9.17) is 0 Å². The number of halogens is 2. The molecule has 1 N–H and O–H groups in total. The van der Waals surface area contributed by atoms with Crippen molar-refractivity contribution >= 4 is 0 Å². The lowest BCUT2D eigenvalue weighted by Crippen LogP contribution is -2.25. The first-order valence-electron chi connectivity index (χ1n) is 6.63. The number of hydrogen-bond donors (Lipinski definition) is 1. The highest BCUT2D eigenvalue weighted by molar-refractivity contribution is 5.19. The molecular formula is C15H21F2N. The fourth-order valence-corrected chi connectivity index (χ4v) is 2.26. The van der Waals surface area contributed by atoms with Crippen LogP contribution >= 0.6 is 0 Å². The van der Waals surface area contributed by atoms with E-state index >= 15 is 0 Å². The van der Waals surface area contributed by atoms with Gasteiger partial charge in [0.05, 0.1) is 0 Å². The second-order valence-electron chi connectivity index (χ2n) is 6.10. The van der Waals surface area contributed by atoms with Crippen molar-refractivity contribution in [3.8, 4) is 0 Å². The van der Waals surface area contributed by atoms with Gasteiger partial charge in [0.1, 0.15) is 11.6 Å². The van der Waals surface area contributed by atoms with E-state index < -0.39 is 11.6 Å². The lowest BCUT2D eigenvalue weighted by Gasteiger charge is -2.25. The molecule has 100 valence electrons. The Morgan fingerprint density at radius 2 is 1.78 bits per heavy atom. The summed E-state index contributed by atoms with van der Waals surface area (Å²) in [4.78, 5) is 0. The third-order valence-electron chi connectivity index (χ3n) is 3.42. The van der Waals surface area contributed by atoms with Crippen LogP contribution < -0.4 is 5.32 Å². The average molecular weight is 253 g/mol. The van der Waals surface area contributed by atoms with Gasteiger partial charge < -0.3 is 5.32 Å². The molecule has 0 bridgehead atoms. The summed E-state index contributed by atoms with van der Waals surface area (Å²) in [5.41, 5.74) is 0.797. The van der Waals surface area contributed by atoms with E-state index in [0.29, 0.717) is 12.5 Å². The molecule has 18 heavy (non-hydrogen) atoms. The predicted octanol–water partition coefficient (Wildman–Crippen LogP) is 3.68. The van der Waals surface area contributed by atoms with Crippen LogP contribution in [-0.4, -0.2) is 12.6 Å². The minimum atomic E-state index is -0.489. The minimum Gasteiger partial charge on any atom is -0.314 e. The second-order valence-corrected chi connectivity index (χ2v) is 6.10. The Morgan fingerprint density at radius 1 is 1.17 bits per heavy atom. The maximum atomic E-state index is 13.1. The van der Waals surface area contributed by atoms with Crippen LogP contribution in [0, 0.1) is 17.0 Å². The van der Waals surface area contributed by atoms with Gasteiger partial charge >= 0.3 is 0 Å². The van der Waals surface area contributed by atoms with Crippen LogP contribution in [0.1, 0.15) is 38.7 Å². The van der Waals surface area contributed by atoms with Gasteiger partial charge in [-0.15, -0.1) is 0 Å². The molecule has 0 unspecified atom stereocenters. The highest BCUT2D eigenvalue weighted by Gasteiger charge is 2.23. The third-order valence-corrected chi connectivity index (χ3v) is 3.42. The highest BCUT2D eigenvalue weighted by Crippen LogP contribution is 2.27. The van der Waals surface area contributed by atoms with Crippen molar-refractivity contribution < 1.29 is 8.78 Å². The summed E-state index contributed by atoms with van der Waals surface area (Å²) < 4.78 is 26.2. The SMILES string of the molecule is CC(C)(CCNC1CC1)Cc1cc(F)cc(F)c1. The zero-order chi connectivity index (χ0) is 13.2. The summed E-state index contributed by atoms with van der Waals surface area (Å²) in [6.45, 7) is 5.27. The molecule has 0 atom stereocenters. The zero-order valence-corrected chi connectivity index (χ0v) is 11.1. The monoisotopic (exact) mass is 253 g/mol. The summed E-state index contributed by atoms with van der Waals surface area (Å²) in [7, 11) is 0. The van der Waals surface area contributed by atoms with Crippen LogP contribution in [-0.2, 0) is 6.42 Å². The largest absolute Gasteiger partial charge is 0.314 e. The first-order chi connectivity index (χ1) is 8.44. The van der Waals surface area contributed by atoms with Gasteiger partial charge in [-0.05, 0) is 55.3 Å². The molecule has 0 saturated heterocycles. The summed E-state index contributed by atoms with van der Waals surface area (Å²) >= 11 is 0. The Morgan fingerprint density at radius 3 is 2.33 bits per heavy atom. The molecule has 2 rings (SSSR count). The molecule has 1 fully saturated rings. The van der Waals surface area contributed by atoms with Crippen molar-refractivity contribution in [1.29, 1.82) is 0 Å². The Labute approximate surface area is 108 Å². The second kappa shape index (κ2) is 5.35. The highest BCUT2D eigenvalue weighted by atomic mass is 19.1. The summed E-state index contributed by atoms with van der Waals surface area (Å²) in [5, 5.41) is 3.47. The van der Waals surface area contributed by atoms with Crippen molar-refractivity contribution in [2.75, 3.05) is 6.54 Å². The molecule has 1 aliphatic carbocycles. The third kappa shape index (κ3) is 4.37. The van der Waals surface area contributed by atoms with Crippen LogP contribution in [0.5, 0.6) is 0 Å². The first-order valence-corrected chi connectivity index (χ1v) is 6.63. The van der Waals surface area contributed by atoms with Gasteiger partial charge in [-0.2, -0.15) is 0 Å². The van der Waals surface area contributed by atoms with E-state index in [-0.39, 0.29) is 5.41 Å². The molecule has 1 aliphatic rings. The Kier molecular flexibility index (Phi) is 4.00. The lowest BCUT2D eigenvalue weighted by molar-refractivity contribution is 0.324. The van der Waals surface area contributed by atoms with Crippen LogP contribution in [0.3, 0.4) is 0 Å². The smallest absolute Gasteiger partial charge is 0.126 e. The van der Waals surface area contributed by atoms with Crippen molar-refractivity contribution in [2.24, 2.45) is 5.41 Å². The van der Waals surface area contributed by atoms with E-state index in [0.717, 1.165) is 24.6 Å². The van der Waals surface area contributed by atoms with Crippen molar-refractivity contribution in [2.45, 2.75) is 45.6 Å². The van der Waals surface area contributed by atoms with Gasteiger partial charge in [0.2, 0.25) is 0 Å². The molecule has 1 aromatic carbocycles. The van der Waals surface area contributed by atoms with E-state index in [9.17, 15) is 8.78 Å². The normalized spacial score (nSPS) is 16.0. The van der Waals surface area contributed by atoms with E-state index in [1.807, 2.05) is 0 Å². The van der Waals surface area contributed by atoms with Crippen LogP contribution in [0.4, 0.5) is 8.78 Å². The number of nitrogens with one attached hydrogen (secondary N) is 1.